The van der Waals surface area contributed by atoms with E-state index in [0.717, 1.165) is 24.1 Å². The fourth-order valence-corrected chi connectivity index (χ4v) is 3.59. The lowest BCUT2D eigenvalue weighted by Gasteiger charge is -2.18. The van der Waals surface area contributed by atoms with Gasteiger partial charge in [-0.15, -0.1) is 11.3 Å². The molecule has 0 amide bonds. The first-order chi connectivity index (χ1) is 13.3. The highest BCUT2D eigenvalue weighted by molar-refractivity contribution is 7.14. The Bertz CT molecular complexity index is 610. The van der Waals surface area contributed by atoms with Crippen molar-refractivity contribution in [2.24, 2.45) is 0 Å². The van der Waals surface area contributed by atoms with Crippen molar-refractivity contribution in [1.82, 2.24) is 0 Å². The lowest BCUT2D eigenvalue weighted by molar-refractivity contribution is -0.140. The van der Waals surface area contributed by atoms with Crippen LogP contribution in [0.4, 0.5) is 0 Å². The first kappa shape index (κ1) is 24.4. The summed E-state index contributed by atoms with van der Waals surface area (Å²) in [5.74, 6) is -0.348. The van der Waals surface area contributed by atoms with Gasteiger partial charge in [0.1, 0.15) is 10.5 Å². The molecule has 0 aliphatic heterocycles. The normalized spacial score (nSPS) is 11.7. The van der Waals surface area contributed by atoms with Gasteiger partial charge in [-0.3, -0.25) is 4.79 Å². The summed E-state index contributed by atoms with van der Waals surface area (Å²) in [6, 6.07) is 3.81. The molecule has 0 bridgehead atoms. The van der Waals surface area contributed by atoms with Crippen LogP contribution in [0.25, 0.3) is 6.08 Å². The van der Waals surface area contributed by atoms with Crippen LogP contribution in [-0.2, 0) is 14.3 Å². The van der Waals surface area contributed by atoms with Crippen LogP contribution in [0.1, 0.15) is 99.5 Å². The lowest BCUT2D eigenvalue weighted by Crippen LogP contribution is -2.23. The van der Waals surface area contributed by atoms with Crippen molar-refractivity contribution in [3.8, 4) is 0 Å². The summed E-state index contributed by atoms with van der Waals surface area (Å²) in [7, 11) is 1.44. The number of esters is 2. The molecule has 0 fully saturated rings. The zero-order valence-electron chi connectivity index (χ0n) is 17.9. The Balaban J connectivity index is 2.05. The van der Waals surface area contributed by atoms with E-state index in [1.807, 2.05) is 32.9 Å². The summed E-state index contributed by atoms with van der Waals surface area (Å²) in [5, 5.41) is 0. The highest BCUT2D eigenvalue weighted by Gasteiger charge is 2.18. The molecule has 1 heterocycles. The third-order valence-corrected chi connectivity index (χ3v) is 5.27. The van der Waals surface area contributed by atoms with Crippen molar-refractivity contribution < 1.29 is 19.1 Å². The van der Waals surface area contributed by atoms with Gasteiger partial charge in [0.15, 0.2) is 0 Å². The standard InChI is InChI=1S/C23H36O4S/c1-23(2,3)27-22(25)20-18-17-19(28-20)15-13-11-9-7-5-6-8-10-12-14-16-21(24)26-4/h13,15,17-18H,5-12,14,16H2,1-4H3. The molecule has 0 aromatic carbocycles. The van der Waals surface area contributed by atoms with Gasteiger partial charge in [0.25, 0.3) is 0 Å². The van der Waals surface area contributed by atoms with Crippen LogP contribution in [-0.4, -0.2) is 24.6 Å². The van der Waals surface area contributed by atoms with E-state index >= 15 is 0 Å². The summed E-state index contributed by atoms with van der Waals surface area (Å²) in [5.41, 5.74) is -0.458. The number of hydrogen-bond donors (Lipinski definition) is 0. The van der Waals surface area contributed by atoms with Crippen LogP contribution in [0.15, 0.2) is 18.2 Å². The SMILES string of the molecule is COC(=O)CCCCCCCCCCC=Cc1ccc(C(=O)OC(C)(C)C)s1. The van der Waals surface area contributed by atoms with Gasteiger partial charge in [-0.05, 0) is 58.2 Å². The monoisotopic (exact) mass is 408 g/mol. The number of thiophene rings is 1. The van der Waals surface area contributed by atoms with Crippen LogP contribution < -0.4 is 0 Å². The molecule has 158 valence electrons. The maximum Gasteiger partial charge on any atom is 0.348 e. The second kappa shape index (κ2) is 13.5. The molecule has 5 heteroatoms. The molecular formula is C23H36O4S. The zero-order valence-corrected chi connectivity index (χ0v) is 18.7. The molecule has 0 aliphatic rings. The van der Waals surface area contributed by atoms with Crippen molar-refractivity contribution in [2.75, 3.05) is 7.11 Å². The van der Waals surface area contributed by atoms with Crippen molar-refractivity contribution in [3.05, 3.63) is 28.0 Å². The van der Waals surface area contributed by atoms with E-state index in [1.54, 1.807) is 0 Å². The predicted molar refractivity (Wildman–Crippen MR) is 117 cm³/mol. The third-order valence-electron chi connectivity index (χ3n) is 4.24. The van der Waals surface area contributed by atoms with E-state index < -0.39 is 5.60 Å². The first-order valence-electron chi connectivity index (χ1n) is 10.4. The smallest absolute Gasteiger partial charge is 0.348 e. The van der Waals surface area contributed by atoms with Gasteiger partial charge < -0.3 is 9.47 Å². The Labute approximate surface area is 174 Å². The minimum Gasteiger partial charge on any atom is -0.469 e. The average molecular weight is 409 g/mol. The molecule has 0 atom stereocenters. The molecule has 4 nitrogen and oxygen atoms in total. The van der Waals surface area contributed by atoms with E-state index in [0.29, 0.717) is 11.3 Å². The molecular weight excluding hydrogens is 372 g/mol. The second-order valence-corrected chi connectivity index (χ2v) is 9.16. The van der Waals surface area contributed by atoms with Gasteiger partial charge >= 0.3 is 11.9 Å². The zero-order chi connectivity index (χ0) is 20.8. The fourth-order valence-electron chi connectivity index (χ4n) is 2.77. The Kier molecular flexibility index (Phi) is 11.8. The highest BCUT2D eigenvalue weighted by Crippen LogP contribution is 2.21. The molecule has 1 aromatic rings. The second-order valence-electron chi connectivity index (χ2n) is 8.05. The van der Waals surface area contributed by atoms with E-state index in [-0.39, 0.29) is 11.9 Å². The van der Waals surface area contributed by atoms with Crippen LogP contribution in [0.3, 0.4) is 0 Å². The number of carbonyl (C=O) groups is 2. The number of methoxy groups -OCH3 is 1. The van der Waals surface area contributed by atoms with E-state index in [1.165, 1.54) is 57.0 Å². The molecule has 0 spiro atoms. The summed E-state index contributed by atoms with van der Waals surface area (Å²) in [6.45, 7) is 5.64. The minimum atomic E-state index is -0.458. The third kappa shape index (κ3) is 12.0. The van der Waals surface area contributed by atoms with Crippen molar-refractivity contribution in [3.63, 3.8) is 0 Å². The number of unbranched alkanes of at least 4 members (excludes halogenated alkanes) is 8. The van der Waals surface area contributed by atoms with Gasteiger partial charge in [0.2, 0.25) is 0 Å². The fraction of sp³-hybridized carbons (Fsp3) is 0.652. The van der Waals surface area contributed by atoms with Crippen LogP contribution in [0.2, 0.25) is 0 Å². The van der Waals surface area contributed by atoms with E-state index in [4.69, 9.17) is 4.74 Å². The molecule has 1 aromatic heterocycles. The topological polar surface area (TPSA) is 52.6 Å². The molecule has 28 heavy (non-hydrogen) atoms. The minimum absolute atomic E-state index is 0.100. The van der Waals surface area contributed by atoms with E-state index in [9.17, 15) is 9.59 Å². The number of carbonyl (C=O) groups excluding carboxylic acids is 2. The molecule has 0 unspecified atom stereocenters. The number of ether oxygens (including phenoxy) is 2. The summed E-state index contributed by atoms with van der Waals surface area (Å²) in [6.07, 6.45) is 15.4. The number of allylic oxidation sites excluding steroid dienone is 1. The maximum absolute atomic E-state index is 12.0. The Hall–Kier alpha value is -1.62. The van der Waals surface area contributed by atoms with Crippen LogP contribution in [0, 0.1) is 0 Å². The molecule has 0 radical (unpaired) electrons. The Morgan fingerprint density at radius 1 is 0.964 bits per heavy atom. The molecule has 0 aliphatic carbocycles. The molecule has 0 saturated heterocycles. The van der Waals surface area contributed by atoms with Crippen molar-refractivity contribution in [2.45, 2.75) is 90.6 Å². The number of rotatable bonds is 13. The van der Waals surface area contributed by atoms with Crippen LogP contribution in [0.5, 0.6) is 0 Å². The Morgan fingerprint density at radius 2 is 1.57 bits per heavy atom. The van der Waals surface area contributed by atoms with Gasteiger partial charge in [0, 0.05) is 11.3 Å². The van der Waals surface area contributed by atoms with Crippen molar-refractivity contribution >= 4 is 29.4 Å². The quantitative estimate of drug-likeness (QED) is 0.266. The lowest BCUT2D eigenvalue weighted by atomic mass is 10.1. The van der Waals surface area contributed by atoms with Gasteiger partial charge in [0.05, 0.1) is 7.11 Å². The maximum atomic E-state index is 12.0. The van der Waals surface area contributed by atoms with E-state index in [2.05, 4.69) is 16.9 Å². The molecule has 0 saturated carbocycles. The van der Waals surface area contributed by atoms with Gasteiger partial charge in [-0.1, -0.05) is 44.6 Å². The van der Waals surface area contributed by atoms with Gasteiger partial charge in [-0.2, -0.15) is 0 Å². The average Bonchev–Trinajstić information content (AvgIpc) is 3.10. The summed E-state index contributed by atoms with van der Waals surface area (Å²) >= 11 is 1.48. The molecule has 0 N–H and O–H groups in total. The number of hydrogen-bond acceptors (Lipinski definition) is 5. The largest absolute Gasteiger partial charge is 0.469 e. The van der Waals surface area contributed by atoms with Gasteiger partial charge in [-0.25, -0.2) is 4.79 Å². The summed E-state index contributed by atoms with van der Waals surface area (Å²) in [4.78, 5) is 24.8. The van der Waals surface area contributed by atoms with Crippen molar-refractivity contribution in [1.29, 1.82) is 0 Å². The predicted octanol–water partition coefficient (Wildman–Crippen LogP) is 6.79. The van der Waals surface area contributed by atoms with Crippen LogP contribution >= 0.6 is 11.3 Å². The Morgan fingerprint density at radius 3 is 2.18 bits per heavy atom. The first-order valence-corrected chi connectivity index (χ1v) is 11.2. The molecule has 1 rings (SSSR count). The summed E-state index contributed by atoms with van der Waals surface area (Å²) < 4.78 is 10.0. The highest BCUT2D eigenvalue weighted by atomic mass is 32.1.